The fourth-order valence-corrected chi connectivity index (χ4v) is 1.68. The third-order valence-electron chi connectivity index (χ3n) is 2.65. The Kier molecular flexibility index (Phi) is 5.83. The Bertz CT molecular complexity index is 486. The summed E-state index contributed by atoms with van der Waals surface area (Å²) in [5, 5.41) is 14.3. The number of amidine groups is 1. The zero-order chi connectivity index (χ0) is 15.1. The highest BCUT2D eigenvalue weighted by Crippen LogP contribution is 2.15. The fraction of sp³-hybridized carbons (Fsp3) is 0.429. The van der Waals surface area contributed by atoms with Crippen molar-refractivity contribution in [3.8, 4) is 5.75 Å². The fourth-order valence-electron chi connectivity index (χ4n) is 1.68. The van der Waals surface area contributed by atoms with E-state index in [2.05, 4.69) is 10.5 Å². The molecule has 0 spiro atoms. The SMILES string of the molecule is CCC(NC(=O)c1cccc(OC(C)C)c1)C(N)=NO. The third kappa shape index (κ3) is 4.46. The Morgan fingerprint density at radius 1 is 1.50 bits per heavy atom. The zero-order valence-corrected chi connectivity index (χ0v) is 12.0. The van der Waals surface area contributed by atoms with E-state index in [1.54, 1.807) is 24.3 Å². The summed E-state index contributed by atoms with van der Waals surface area (Å²) in [6.07, 6.45) is 0.568. The minimum Gasteiger partial charge on any atom is -0.491 e. The molecule has 0 aliphatic heterocycles. The molecule has 1 aromatic rings. The summed E-state index contributed by atoms with van der Waals surface area (Å²) in [5.41, 5.74) is 5.98. The van der Waals surface area contributed by atoms with Crippen LogP contribution in [0.2, 0.25) is 0 Å². The highest BCUT2D eigenvalue weighted by molar-refractivity contribution is 5.98. The number of hydrogen-bond donors (Lipinski definition) is 3. The number of hydrogen-bond acceptors (Lipinski definition) is 4. The van der Waals surface area contributed by atoms with Gasteiger partial charge in [0.25, 0.3) is 5.91 Å². The lowest BCUT2D eigenvalue weighted by Crippen LogP contribution is -2.44. The van der Waals surface area contributed by atoms with Crippen molar-refractivity contribution in [2.24, 2.45) is 10.9 Å². The van der Waals surface area contributed by atoms with Gasteiger partial charge in [-0.2, -0.15) is 0 Å². The molecular weight excluding hydrogens is 258 g/mol. The summed E-state index contributed by atoms with van der Waals surface area (Å²) in [6, 6.07) is 6.38. The van der Waals surface area contributed by atoms with Gasteiger partial charge < -0.3 is 21.0 Å². The number of benzene rings is 1. The number of carbonyl (C=O) groups is 1. The van der Waals surface area contributed by atoms with Crippen LogP contribution in [-0.4, -0.2) is 29.1 Å². The Morgan fingerprint density at radius 3 is 2.75 bits per heavy atom. The van der Waals surface area contributed by atoms with Crippen LogP contribution in [0.25, 0.3) is 0 Å². The average Bonchev–Trinajstić information content (AvgIpc) is 2.43. The second-order valence-corrected chi connectivity index (χ2v) is 4.65. The first-order chi connectivity index (χ1) is 9.47. The van der Waals surface area contributed by atoms with Crippen LogP contribution < -0.4 is 15.8 Å². The normalized spacial score (nSPS) is 13.1. The van der Waals surface area contributed by atoms with Gasteiger partial charge in [0.2, 0.25) is 0 Å². The predicted molar refractivity (Wildman–Crippen MR) is 77.2 cm³/mol. The minimum absolute atomic E-state index is 0.0181. The van der Waals surface area contributed by atoms with Crippen LogP contribution in [0, 0.1) is 0 Å². The summed E-state index contributed by atoms with van der Waals surface area (Å²) in [5.74, 6) is 0.317. The average molecular weight is 279 g/mol. The van der Waals surface area contributed by atoms with E-state index in [1.165, 1.54) is 0 Å². The van der Waals surface area contributed by atoms with E-state index in [9.17, 15) is 4.79 Å². The first-order valence-electron chi connectivity index (χ1n) is 6.53. The van der Waals surface area contributed by atoms with Crippen LogP contribution >= 0.6 is 0 Å². The maximum absolute atomic E-state index is 12.1. The summed E-state index contributed by atoms with van der Waals surface area (Å²) in [6.45, 7) is 5.66. The number of ether oxygens (including phenoxy) is 1. The van der Waals surface area contributed by atoms with Crippen molar-refractivity contribution in [2.45, 2.75) is 39.3 Å². The Morgan fingerprint density at radius 2 is 2.20 bits per heavy atom. The van der Waals surface area contributed by atoms with Crippen molar-refractivity contribution in [2.75, 3.05) is 0 Å². The largest absolute Gasteiger partial charge is 0.491 e. The van der Waals surface area contributed by atoms with Gasteiger partial charge in [-0.1, -0.05) is 18.1 Å². The highest BCUT2D eigenvalue weighted by Gasteiger charge is 2.16. The van der Waals surface area contributed by atoms with E-state index >= 15 is 0 Å². The van der Waals surface area contributed by atoms with E-state index in [-0.39, 0.29) is 17.8 Å². The number of carbonyl (C=O) groups excluding carboxylic acids is 1. The number of amides is 1. The standard InChI is InChI=1S/C14H21N3O3/c1-4-12(13(15)17-19)16-14(18)10-6-5-7-11(8-10)20-9(2)3/h5-9,12,19H,4H2,1-3H3,(H2,15,17)(H,16,18). The molecule has 1 amide bonds. The molecule has 0 aliphatic carbocycles. The van der Waals surface area contributed by atoms with Crippen LogP contribution in [0.4, 0.5) is 0 Å². The first-order valence-corrected chi connectivity index (χ1v) is 6.53. The van der Waals surface area contributed by atoms with Crippen molar-refractivity contribution >= 4 is 11.7 Å². The summed E-state index contributed by atoms with van der Waals surface area (Å²) in [4.78, 5) is 12.1. The van der Waals surface area contributed by atoms with Gasteiger partial charge in [0, 0.05) is 5.56 Å². The summed E-state index contributed by atoms with van der Waals surface area (Å²) in [7, 11) is 0. The molecule has 110 valence electrons. The van der Waals surface area contributed by atoms with E-state index in [1.807, 2.05) is 20.8 Å². The third-order valence-corrected chi connectivity index (χ3v) is 2.65. The first kappa shape index (κ1) is 15.8. The van der Waals surface area contributed by atoms with Gasteiger partial charge >= 0.3 is 0 Å². The molecule has 6 nitrogen and oxygen atoms in total. The summed E-state index contributed by atoms with van der Waals surface area (Å²) < 4.78 is 5.54. The maximum atomic E-state index is 12.1. The van der Waals surface area contributed by atoms with Crippen LogP contribution in [0.1, 0.15) is 37.6 Å². The van der Waals surface area contributed by atoms with E-state index in [0.717, 1.165) is 0 Å². The van der Waals surface area contributed by atoms with E-state index in [0.29, 0.717) is 17.7 Å². The zero-order valence-electron chi connectivity index (χ0n) is 12.0. The van der Waals surface area contributed by atoms with Crippen molar-refractivity contribution < 1.29 is 14.7 Å². The molecule has 1 rings (SSSR count). The van der Waals surface area contributed by atoms with Crippen LogP contribution in [0.3, 0.4) is 0 Å². The number of nitrogens with zero attached hydrogens (tertiary/aromatic N) is 1. The molecule has 1 atom stereocenters. The van der Waals surface area contributed by atoms with E-state index in [4.69, 9.17) is 15.7 Å². The van der Waals surface area contributed by atoms with Gasteiger partial charge in [-0.15, -0.1) is 0 Å². The second kappa shape index (κ2) is 7.37. The second-order valence-electron chi connectivity index (χ2n) is 4.65. The van der Waals surface area contributed by atoms with Gasteiger partial charge in [-0.05, 0) is 38.5 Å². The van der Waals surface area contributed by atoms with E-state index < -0.39 is 6.04 Å². The molecule has 0 bridgehead atoms. The maximum Gasteiger partial charge on any atom is 0.252 e. The molecule has 0 heterocycles. The molecule has 0 saturated heterocycles. The smallest absolute Gasteiger partial charge is 0.252 e. The minimum atomic E-state index is -0.498. The molecule has 6 heteroatoms. The van der Waals surface area contributed by atoms with Gasteiger partial charge in [0.05, 0.1) is 12.1 Å². The lowest BCUT2D eigenvalue weighted by atomic mass is 10.1. The molecule has 20 heavy (non-hydrogen) atoms. The highest BCUT2D eigenvalue weighted by atomic mass is 16.5. The lowest BCUT2D eigenvalue weighted by molar-refractivity contribution is 0.0945. The molecule has 4 N–H and O–H groups in total. The topological polar surface area (TPSA) is 96.9 Å². The van der Waals surface area contributed by atoms with Crippen molar-refractivity contribution in [1.29, 1.82) is 0 Å². The molecular formula is C14H21N3O3. The molecule has 0 saturated carbocycles. The van der Waals surface area contributed by atoms with Crippen molar-refractivity contribution in [3.63, 3.8) is 0 Å². The van der Waals surface area contributed by atoms with Gasteiger partial charge in [0.1, 0.15) is 5.75 Å². The number of nitrogens with one attached hydrogen (secondary N) is 1. The molecule has 0 aromatic heterocycles. The lowest BCUT2D eigenvalue weighted by Gasteiger charge is -2.16. The number of oxime groups is 1. The number of nitrogens with two attached hydrogens (primary N) is 1. The van der Waals surface area contributed by atoms with Gasteiger partial charge in [-0.25, -0.2) is 0 Å². The van der Waals surface area contributed by atoms with Gasteiger partial charge in [-0.3, -0.25) is 4.79 Å². The molecule has 0 aliphatic rings. The summed E-state index contributed by atoms with van der Waals surface area (Å²) >= 11 is 0. The Balaban J connectivity index is 2.81. The Hall–Kier alpha value is -2.24. The van der Waals surface area contributed by atoms with Crippen LogP contribution in [0.5, 0.6) is 5.75 Å². The van der Waals surface area contributed by atoms with Crippen LogP contribution in [-0.2, 0) is 0 Å². The molecule has 0 radical (unpaired) electrons. The monoisotopic (exact) mass is 279 g/mol. The van der Waals surface area contributed by atoms with Crippen molar-refractivity contribution in [3.05, 3.63) is 29.8 Å². The van der Waals surface area contributed by atoms with Gasteiger partial charge in [0.15, 0.2) is 5.84 Å². The Labute approximate surface area is 118 Å². The van der Waals surface area contributed by atoms with Crippen molar-refractivity contribution in [1.82, 2.24) is 5.32 Å². The molecule has 1 unspecified atom stereocenters. The molecule has 1 aromatic carbocycles. The predicted octanol–water partition coefficient (Wildman–Crippen LogP) is 1.73. The molecule has 0 fully saturated rings. The van der Waals surface area contributed by atoms with Crippen LogP contribution in [0.15, 0.2) is 29.4 Å². The number of rotatable bonds is 6. The quantitative estimate of drug-likeness (QED) is 0.320.